The number of likely N-dealkylation sites (tertiary alicyclic amines) is 1. The van der Waals surface area contributed by atoms with Crippen molar-refractivity contribution in [3.05, 3.63) is 23.8 Å². The fraction of sp³-hybridized carbons (Fsp3) is 0.500. The molecule has 0 atom stereocenters. The highest BCUT2D eigenvalue weighted by Gasteiger charge is 2.15. The van der Waals surface area contributed by atoms with Gasteiger partial charge in [0, 0.05) is 0 Å². The van der Waals surface area contributed by atoms with E-state index in [-0.39, 0.29) is 5.75 Å². The van der Waals surface area contributed by atoms with Gasteiger partial charge in [-0.3, -0.25) is 0 Å². The van der Waals surface area contributed by atoms with Crippen LogP contribution >= 0.6 is 0 Å². The molecule has 1 aromatic carbocycles. The van der Waals surface area contributed by atoms with Gasteiger partial charge in [-0.25, -0.2) is 0 Å². The molecule has 0 bridgehead atoms. The van der Waals surface area contributed by atoms with Gasteiger partial charge in [0.05, 0.1) is 18.7 Å². The summed E-state index contributed by atoms with van der Waals surface area (Å²) in [5.41, 5.74) is 0.854. The van der Waals surface area contributed by atoms with Crippen LogP contribution in [-0.2, 0) is 6.54 Å². The Balaban J connectivity index is 2.05. The summed E-state index contributed by atoms with van der Waals surface area (Å²) in [5, 5.41) is 19.0. The van der Waals surface area contributed by atoms with Crippen molar-refractivity contribution in [2.45, 2.75) is 25.8 Å². The molecule has 0 saturated carbocycles. The normalized spacial score (nSPS) is 17.9. The summed E-state index contributed by atoms with van der Waals surface area (Å²) < 4.78 is 0. The molecule has 3 N–H and O–H groups in total. The molecule has 0 aliphatic carbocycles. The molecule has 0 radical (unpaired) electrons. The lowest BCUT2D eigenvalue weighted by molar-refractivity contribution is -0.918. The van der Waals surface area contributed by atoms with Crippen molar-refractivity contribution in [2.24, 2.45) is 0 Å². The second kappa shape index (κ2) is 4.53. The van der Waals surface area contributed by atoms with E-state index in [0.29, 0.717) is 5.75 Å². The van der Waals surface area contributed by atoms with Crippen LogP contribution in [0.25, 0.3) is 0 Å². The summed E-state index contributed by atoms with van der Waals surface area (Å²) in [6.45, 7) is 3.17. The van der Waals surface area contributed by atoms with Crippen LogP contribution in [0.4, 0.5) is 0 Å². The van der Waals surface area contributed by atoms with Gasteiger partial charge < -0.3 is 15.1 Å². The topological polar surface area (TPSA) is 44.9 Å². The Labute approximate surface area is 90.0 Å². The first-order valence-electron chi connectivity index (χ1n) is 5.60. The summed E-state index contributed by atoms with van der Waals surface area (Å²) in [4.78, 5) is 1.50. The van der Waals surface area contributed by atoms with E-state index in [2.05, 4.69) is 0 Å². The number of nitrogens with one attached hydrogen (secondary N) is 1. The minimum atomic E-state index is 0.235. The number of piperidine rings is 1. The highest BCUT2D eigenvalue weighted by atomic mass is 16.3. The van der Waals surface area contributed by atoms with Crippen LogP contribution in [-0.4, -0.2) is 23.3 Å². The Hall–Kier alpha value is -1.22. The lowest BCUT2D eigenvalue weighted by atomic mass is 10.1. The Morgan fingerprint density at radius 1 is 1.07 bits per heavy atom. The highest BCUT2D eigenvalue weighted by molar-refractivity contribution is 5.37. The van der Waals surface area contributed by atoms with E-state index in [1.54, 1.807) is 12.1 Å². The zero-order valence-corrected chi connectivity index (χ0v) is 8.87. The molecule has 1 aliphatic heterocycles. The summed E-state index contributed by atoms with van der Waals surface area (Å²) >= 11 is 0. The number of phenols is 2. The molecule has 1 aliphatic rings. The number of rotatable bonds is 2. The number of quaternary nitrogens is 1. The van der Waals surface area contributed by atoms with Gasteiger partial charge in [0.15, 0.2) is 0 Å². The molecular weight excluding hydrogens is 190 g/mol. The number of hydrogen-bond acceptors (Lipinski definition) is 2. The Morgan fingerprint density at radius 2 is 1.80 bits per heavy atom. The van der Waals surface area contributed by atoms with E-state index in [4.69, 9.17) is 0 Å². The highest BCUT2D eigenvalue weighted by Crippen LogP contribution is 2.21. The van der Waals surface area contributed by atoms with Gasteiger partial charge in [0.25, 0.3) is 0 Å². The molecule has 0 spiro atoms. The first kappa shape index (κ1) is 10.3. The van der Waals surface area contributed by atoms with E-state index >= 15 is 0 Å². The molecule has 0 amide bonds. The quantitative estimate of drug-likeness (QED) is 0.625. The second-order valence-corrected chi connectivity index (χ2v) is 4.30. The molecule has 0 aromatic heterocycles. The molecule has 82 valence electrons. The number of hydrogen-bond donors (Lipinski definition) is 3. The molecule has 0 unspecified atom stereocenters. The average Bonchev–Trinajstić information content (AvgIpc) is 2.25. The van der Waals surface area contributed by atoms with Gasteiger partial charge in [-0.15, -0.1) is 0 Å². The van der Waals surface area contributed by atoms with Crippen LogP contribution in [0.3, 0.4) is 0 Å². The zero-order chi connectivity index (χ0) is 10.7. The molecular formula is C12H18NO2+. The van der Waals surface area contributed by atoms with E-state index in [9.17, 15) is 10.2 Å². The first-order chi connectivity index (χ1) is 7.25. The molecule has 1 saturated heterocycles. The fourth-order valence-corrected chi connectivity index (χ4v) is 2.21. The maximum Gasteiger partial charge on any atom is 0.124 e. The Morgan fingerprint density at radius 3 is 2.53 bits per heavy atom. The van der Waals surface area contributed by atoms with Crippen molar-refractivity contribution in [1.82, 2.24) is 0 Å². The summed E-state index contributed by atoms with van der Waals surface area (Å²) in [6, 6.07) is 4.75. The molecule has 1 heterocycles. The maximum absolute atomic E-state index is 9.64. The third kappa shape index (κ3) is 2.63. The third-order valence-electron chi connectivity index (χ3n) is 3.06. The summed E-state index contributed by atoms with van der Waals surface area (Å²) in [6.07, 6.45) is 3.87. The van der Waals surface area contributed by atoms with Crippen molar-refractivity contribution < 1.29 is 15.1 Å². The van der Waals surface area contributed by atoms with Gasteiger partial charge >= 0.3 is 0 Å². The maximum atomic E-state index is 9.64. The van der Waals surface area contributed by atoms with Gasteiger partial charge in [-0.05, 0) is 37.5 Å². The first-order valence-corrected chi connectivity index (χ1v) is 5.60. The lowest BCUT2D eigenvalue weighted by Gasteiger charge is -2.23. The molecule has 3 heteroatoms. The Kier molecular flexibility index (Phi) is 3.11. The largest absolute Gasteiger partial charge is 0.508 e. The number of aromatic hydroxyl groups is 2. The van der Waals surface area contributed by atoms with E-state index in [1.807, 2.05) is 0 Å². The van der Waals surface area contributed by atoms with Crippen LogP contribution in [0, 0.1) is 0 Å². The predicted molar refractivity (Wildman–Crippen MR) is 58.0 cm³/mol. The van der Waals surface area contributed by atoms with Crippen LogP contribution in [0.2, 0.25) is 0 Å². The molecule has 1 fully saturated rings. The SMILES string of the molecule is Oc1ccc(O)c(C[NH+]2CCCCC2)c1. The molecule has 2 rings (SSSR count). The minimum absolute atomic E-state index is 0.235. The number of phenolic OH excluding ortho intramolecular Hbond substituents is 2. The summed E-state index contributed by atoms with van der Waals surface area (Å²) in [5.74, 6) is 0.532. The Bertz CT molecular complexity index is 332. The van der Waals surface area contributed by atoms with Crippen LogP contribution in [0.15, 0.2) is 18.2 Å². The van der Waals surface area contributed by atoms with Crippen molar-refractivity contribution in [1.29, 1.82) is 0 Å². The smallest absolute Gasteiger partial charge is 0.124 e. The van der Waals surface area contributed by atoms with Crippen LogP contribution in [0.5, 0.6) is 11.5 Å². The minimum Gasteiger partial charge on any atom is -0.508 e. The van der Waals surface area contributed by atoms with Gasteiger partial charge in [0.1, 0.15) is 18.0 Å². The zero-order valence-electron chi connectivity index (χ0n) is 8.87. The summed E-state index contributed by atoms with van der Waals surface area (Å²) in [7, 11) is 0. The monoisotopic (exact) mass is 208 g/mol. The average molecular weight is 208 g/mol. The van der Waals surface area contributed by atoms with Gasteiger partial charge in [0.2, 0.25) is 0 Å². The van der Waals surface area contributed by atoms with Crippen LogP contribution in [0.1, 0.15) is 24.8 Å². The van der Waals surface area contributed by atoms with Gasteiger partial charge in [-0.2, -0.15) is 0 Å². The van der Waals surface area contributed by atoms with Crippen molar-refractivity contribution in [3.8, 4) is 11.5 Å². The van der Waals surface area contributed by atoms with Gasteiger partial charge in [-0.1, -0.05) is 0 Å². The standard InChI is InChI=1S/C12H17NO2/c14-11-4-5-12(15)10(8-11)9-13-6-2-1-3-7-13/h4-5,8,14-15H,1-3,6-7,9H2/p+1. The van der Waals surface area contributed by atoms with E-state index in [0.717, 1.165) is 12.1 Å². The van der Waals surface area contributed by atoms with Crippen molar-refractivity contribution in [3.63, 3.8) is 0 Å². The third-order valence-corrected chi connectivity index (χ3v) is 3.06. The fourth-order valence-electron chi connectivity index (χ4n) is 2.21. The molecule has 15 heavy (non-hydrogen) atoms. The van der Waals surface area contributed by atoms with Crippen molar-refractivity contribution >= 4 is 0 Å². The molecule has 1 aromatic rings. The predicted octanol–water partition coefficient (Wildman–Crippen LogP) is 0.667. The second-order valence-electron chi connectivity index (χ2n) is 4.30. The van der Waals surface area contributed by atoms with Crippen LogP contribution < -0.4 is 4.90 Å². The van der Waals surface area contributed by atoms with E-state index < -0.39 is 0 Å². The van der Waals surface area contributed by atoms with Crippen molar-refractivity contribution in [2.75, 3.05) is 13.1 Å². The van der Waals surface area contributed by atoms with E-state index in [1.165, 1.54) is 43.3 Å². The lowest BCUT2D eigenvalue weighted by Crippen LogP contribution is -3.11. The number of benzene rings is 1. The molecule has 3 nitrogen and oxygen atoms in total.